The molecule has 3 nitrogen and oxygen atoms in total. The first-order valence-electron chi connectivity index (χ1n) is 5.32. The molecule has 6 heteroatoms. The van der Waals surface area contributed by atoms with Crippen molar-refractivity contribution in [3.8, 4) is 0 Å². The number of pyridine rings is 1. The normalized spacial score (nSPS) is 14.0. The van der Waals surface area contributed by atoms with E-state index in [9.17, 15) is 13.2 Å². The molecule has 0 aliphatic heterocycles. The van der Waals surface area contributed by atoms with Gasteiger partial charge in [0, 0.05) is 19.3 Å². The molecule has 0 fully saturated rings. The van der Waals surface area contributed by atoms with Crippen LogP contribution in [0.15, 0.2) is 24.4 Å². The minimum atomic E-state index is -4.14. The highest BCUT2D eigenvalue weighted by atomic mass is 19.4. The zero-order valence-corrected chi connectivity index (χ0v) is 9.61. The second-order valence-electron chi connectivity index (χ2n) is 3.85. The summed E-state index contributed by atoms with van der Waals surface area (Å²) in [5, 5.41) is 0. The van der Waals surface area contributed by atoms with Crippen LogP contribution in [0.2, 0.25) is 0 Å². The Balaban J connectivity index is 2.62. The zero-order chi connectivity index (χ0) is 12.9. The van der Waals surface area contributed by atoms with Crippen LogP contribution in [0.5, 0.6) is 0 Å². The molecule has 0 bridgehead atoms. The molecule has 0 spiro atoms. The summed E-state index contributed by atoms with van der Waals surface area (Å²) < 4.78 is 36.3. The van der Waals surface area contributed by atoms with E-state index >= 15 is 0 Å². The van der Waals surface area contributed by atoms with Gasteiger partial charge in [-0.05, 0) is 19.2 Å². The Morgan fingerprint density at radius 1 is 1.41 bits per heavy atom. The molecule has 0 radical (unpaired) electrons. The molecule has 0 saturated carbocycles. The monoisotopic (exact) mass is 247 g/mol. The number of likely N-dealkylation sites (N-methyl/N-ethyl adjacent to an activating group) is 1. The summed E-state index contributed by atoms with van der Waals surface area (Å²) >= 11 is 0. The Hall–Kier alpha value is -1.14. The maximum atomic E-state index is 12.1. The molecule has 0 aliphatic carbocycles. The quantitative estimate of drug-likeness (QED) is 0.865. The van der Waals surface area contributed by atoms with Gasteiger partial charge in [0.15, 0.2) is 0 Å². The molecular weight excluding hydrogens is 231 g/mol. The summed E-state index contributed by atoms with van der Waals surface area (Å²) in [6, 6.07) is 5.04. The van der Waals surface area contributed by atoms with Gasteiger partial charge in [0.2, 0.25) is 0 Å². The Morgan fingerprint density at radius 3 is 2.59 bits per heavy atom. The molecule has 1 aromatic heterocycles. The van der Waals surface area contributed by atoms with Crippen LogP contribution in [0.1, 0.15) is 18.2 Å². The third-order valence-electron chi connectivity index (χ3n) is 2.53. The highest BCUT2D eigenvalue weighted by Crippen LogP contribution is 2.22. The first-order valence-corrected chi connectivity index (χ1v) is 5.32. The van der Waals surface area contributed by atoms with Crippen molar-refractivity contribution in [2.24, 2.45) is 5.73 Å². The van der Waals surface area contributed by atoms with Crippen LogP contribution in [0.25, 0.3) is 0 Å². The lowest BCUT2D eigenvalue weighted by Gasteiger charge is -2.26. The minimum Gasteiger partial charge on any atom is -0.329 e. The summed E-state index contributed by atoms with van der Waals surface area (Å²) in [5.41, 5.74) is 6.28. The molecule has 1 atom stereocenters. The van der Waals surface area contributed by atoms with Gasteiger partial charge < -0.3 is 5.73 Å². The summed E-state index contributed by atoms with van der Waals surface area (Å²) in [6.45, 7) is 0.160. The van der Waals surface area contributed by atoms with E-state index < -0.39 is 12.6 Å². The predicted octanol–water partition coefficient (Wildman–Crippen LogP) is 1.97. The lowest BCUT2D eigenvalue weighted by Crippen LogP contribution is -2.33. The van der Waals surface area contributed by atoms with Crippen molar-refractivity contribution in [2.75, 3.05) is 20.1 Å². The molecule has 1 rings (SSSR count). The number of aromatic nitrogens is 1. The molecule has 0 aromatic carbocycles. The molecule has 1 heterocycles. The molecule has 0 aliphatic rings. The van der Waals surface area contributed by atoms with E-state index in [-0.39, 0.29) is 19.1 Å². The van der Waals surface area contributed by atoms with Crippen LogP contribution >= 0.6 is 0 Å². The first-order chi connectivity index (χ1) is 7.94. The second-order valence-corrected chi connectivity index (χ2v) is 3.85. The van der Waals surface area contributed by atoms with E-state index in [1.807, 2.05) is 0 Å². The van der Waals surface area contributed by atoms with Gasteiger partial charge in [-0.15, -0.1) is 0 Å². The average Bonchev–Trinajstić information content (AvgIpc) is 2.28. The van der Waals surface area contributed by atoms with Crippen LogP contribution in [0.3, 0.4) is 0 Å². The number of alkyl halides is 3. The van der Waals surface area contributed by atoms with Crippen molar-refractivity contribution in [1.29, 1.82) is 0 Å². The lowest BCUT2D eigenvalue weighted by molar-refractivity contribution is -0.138. The van der Waals surface area contributed by atoms with Gasteiger partial charge in [-0.1, -0.05) is 6.07 Å². The van der Waals surface area contributed by atoms with Crippen LogP contribution in [0, 0.1) is 0 Å². The van der Waals surface area contributed by atoms with Crippen molar-refractivity contribution in [1.82, 2.24) is 9.88 Å². The molecule has 0 saturated heterocycles. The zero-order valence-electron chi connectivity index (χ0n) is 9.61. The summed E-state index contributed by atoms with van der Waals surface area (Å²) in [4.78, 5) is 5.69. The van der Waals surface area contributed by atoms with Gasteiger partial charge in [-0.25, -0.2) is 0 Å². The summed E-state index contributed by atoms with van der Waals surface area (Å²) in [7, 11) is 1.62. The van der Waals surface area contributed by atoms with Crippen molar-refractivity contribution >= 4 is 0 Å². The van der Waals surface area contributed by atoms with E-state index in [4.69, 9.17) is 5.73 Å². The number of hydrogen-bond acceptors (Lipinski definition) is 3. The Morgan fingerprint density at radius 2 is 2.12 bits per heavy atom. The third-order valence-corrected chi connectivity index (χ3v) is 2.53. The lowest BCUT2D eigenvalue weighted by atomic mass is 10.1. The molecule has 96 valence electrons. The van der Waals surface area contributed by atoms with Crippen molar-refractivity contribution in [3.63, 3.8) is 0 Å². The van der Waals surface area contributed by atoms with E-state index in [2.05, 4.69) is 4.98 Å². The molecule has 1 unspecified atom stereocenters. The van der Waals surface area contributed by atoms with E-state index in [1.54, 1.807) is 36.3 Å². The number of nitrogens with two attached hydrogens (primary N) is 1. The number of halogens is 3. The molecular formula is C11H16F3N3. The maximum Gasteiger partial charge on any atom is 0.390 e. The Labute approximate surface area is 98.4 Å². The summed E-state index contributed by atoms with van der Waals surface area (Å²) in [5.74, 6) is 0. The highest BCUT2D eigenvalue weighted by Gasteiger charge is 2.28. The van der Waals surface area contributed by atoms with E-state index in [0.29, 0.717) is 5.69 Å². The molecule has 0 amide bonds. The minimum absolute atomic E-state index is 0.0814. The maximum absolute atomic E-state index is 12.1. The molecule has 1 aromatic rings. The van der Waals surface area contributed by atoms with Crippen LogP contribution in [-0.4, -0.2) is 36.2 Å². The number of rotatable bonds is 5. The smallest absolute Gasteiger partial charge is 0.329 e. The fourth-order valence-electron chi connectivity index (χ4n) is 1.56. The van der Waals surface area contributed by atoms with Gasteiger partial charge >= 0.3 is 6.18 Å². The van der Waals surface area contributed by atoms with Crippen molar-refractivity contribution in [3.05, 3.63) is 30.1 Å². The SMILES string of the molecule is CN(CCC(F)(F)F)C(CN)c1ccccn1. The third kappa shape index (κ3) is 4.70. The molecule has 17 heavy (non-hydrogen) atoms. The van der Waals surface area contributed by atoms with Gasteiger partial charge in [-0.3, -0.25) is 9.88 Å². The van der Waals surface area contributed by atoms with Crippen LogP contribution in [-0.2, 0) is 0 Å². The van der Waals surface area contributed by atoms with E-state index in [1.165, 1.54) is 0 Å². The fraction of sp³-hybridized carbons (Fsp3) is 0.545. The van der Waals surface area contributed by atoms with Crippen molar-refractivity contribution < 1.29 is 13.2 Å². The van der Waals surface area contributed by atoms with Gasteiger partial charge in [-0.2, -0.15) is 13.2 Å². The van der Waals surface area contributed by atoms with Crippen LogP contribution in [0.4, 0.5) is 13.2 Å². The highest BCUT2D eigenvalue weighted by molar-refractivity contribution is 5.09. The predicted molar refractivity (Wildman–Crippen MR) is 59.3 cm³/mol. The number of hydrogen-bond donors (Lipinski definition) is 1. The van der Waals surface area contributed by atoms with Gasteiger partial charge in [0.1, 0.15) is 0 Å². The Bertz CT molecular complexity index is 326. The second kappa shape index (κ2) is 5.97. The van der Waals surface area contributed by atoms with Gasteiger partial charge in [0.05, 0.1) is 18.2 Å². The largest absolute Gasteiger partial charge is 0.390 e. The first kappa shape index (κ1) is 13.9. The van der Waals surface area contributed by atoms with Gasteiger partial charge in [0.25, 0.3) is 0 Å². The fourth-order valence-corrected chi connectivity index (χ4v) is 1.56. The molecule has 2 N–H and O–H groups in total. The van der Waals surface area contributed by atoms with E-state index in [0.717, 1.165) is 0 Å². The number of nitrogens with zero attached hydrogens (tertiary/aromatic N) is 2. The van der Waals surface area contributed by atoms with Crippen molar-refractivity contribution in [2.45, 2.75) is 18.6 Å². The standard InChI is InChI=1S/C11H16F3N3/c1-17(7-5-11(12,13)14)10(8-15)9-4-2-3-6-16-9/h2-4,6,10H,5,7-8,15H2,1H3. The van der Waals surface area contributed by atoms with Crippen LogP contribution < -0.4 is 5.73 Å². The Kier molecular flexibility index (Phi) is 4.89. The summed E-state index contributed by atoms with van der Waals surface area (Å²) in [6.07, 6.45) is -3.38. The topological polar surface area (TPSA) is 42.1 Å². The average molecular weight is 247 g/mol.